The van der Waals surface area contributed by atoms with Gasteiger partial charge < -0.3 is 10.6 Å². The fraction of sp³-hybridized carbons (Fsp3) is 0.556. The lowest BCUT2D eigenvalue weighted by Crippen LogP contribution is -2.50. The Labute approximate surface area is 144 Å². The molecule has 4 nitrogen and oxygen atoms in total. The fourth-order valence-electron chi connectivity index (χ4n) is 5.25. The molecule has 4 aliphatic carbocycles. The quantitative estimate of drug-likeness (QED) is 0.377. The summed E-state index contributed by atoms with van der Waals surface area (Å²) in [7, 11) is 0. The van der Waals surface area contributed by atoms with E-state index in [1.165, 1.54) is 19.3 Å². The molecule has 23 heavy (non-hydrogen) atoms. The smallest absolute Gasteiger partial charge is 0.341 e. The van der Waals surface area contributed by atoms with E-state index in [0.29, 0.717) is 17.8 Å². The van der Waals surface area contributed by atoms with Gasteiger partial charge in [-0.2, -0.15) is 0 Å². The molecule has 122 valence electrons. The molecule has 1 aromatic carbocycles. The Morgan fingerprint density at radius 2 is 1.78 bits per heavy atom. The van der Waals surface area contributed by atoms with Crippen LogP contribution >= 0.6 is 15.9 Å². The average molecular weight is 377 g/mol. The summed E-state index contributed by atoms with van der Waals surface area (Å²) in [6, 6.07) is 7.50. The SMILES string of the molecule is NC(=NOC(=O)C12CC3CC(CC(C3)C1)C2)c1cccc(Br)c1. The van der Waals surface area contributed by atoms with Crippen molar-refractivity contribution in [2.45, 2.75) is 38.5 Å². The van der Waals surface area contributed by atoms with E-state index in [0.717, 1.165) is 29.3 Å². The Kier molecular flexibility index (Phi) is 3.71. The van der Waals surface area contributed by atoms with Crippen molar-refractivity contribution in [2.24, 2.45) is 34.1 Å². The van der Waals surface area contributed by atoms with Crippen molar-refractivity contribution in [3.8, 4) is 0 Å². The first kappa shape index (κ1) is 15.2. The minimum atomic E-state index is -0.296. The lowest BCUT2D eigenvalue weighted by molar-refractivity contribution is -0.171. The third-order valence-corrected chi connectivity index (χ3v) is 6.31. The van der Waals surface area contributed by atoms with Gasteiger partial charge in [-0.05, 0) is 68.4 Å². The fourth-order valence-corrected chi connectivity index (χ4v) is 5.65. The number of hydrogen-bond donors (Lipinski definition) is 1. The van der Waals surface area contributed by atoms with E-state index in [1.54, 1.807) is 0 Å². The van der Waals surface area contributed by atoms with Crippen LogP contribution in [0.4, 0.5) is 0 Å². The van der Waals surface area contributed by atoms with Crippen LogP contribution in [0.25, 0.3) is 0 Å². The first-order valence-corrected chi connectivity index (χ1v) is 9.14. The second-order valence-corrected chi connectivity index (χ2v) is 8.48. The van der Waals surface area contributed by atoms with Crippen molar-refractivity contribution < 1.29 is 9.63 Å². The maximum absolute atomic E-state index is 12.7. The molecular weight excluding hydrogens is 356 g/mol. The third-order valence-electron chi connectivity index (χ3n) is 5.82. The molecule has 5 heteroatoms. The first-order valence-electron chi connectivity index (χ1n) is 8.35. The highest BCUT2D eigenvalue weighted by atomic mass is 79.9. The summed E-state index contributed by atoms with van der Waals surface area (Å²) in [6.07, 6.45) is 6.83. The topological polar surface area (TPSA) is 64.7 Å². The molecule has 4 aliphatic rings. The molecule has 1 aromatic rings. The van der Waals surface area contributed by atoms with Crippen molar-refractivity contribution in [2.75, 3.05) is 0 Å². The van der Waals surface area contributed by atoms with Gasteiger partial charge in [0, 0.05) is 10.0 Å². The molecule has 4 saturated carbocycles. The highest BCUT2D eigenvalue weighted by Crippen LogP contribution is 2.60. The number of carbonyl (C=O) groups excluding carboxylic acids is 1. The molecule has 5 rings (SSSR count). The van der Waals surface area contributed by atoms with Gasteiger partial charge in [0.2, 0.25) is 0 Å². The molecule has 0 saturated heterocycles. The number of benzene rings is 1. The maximum atomic E-state index is 12.7. The van der Waals surface area contributed by atoms with E-state index >= 15 is 0 Å². The summed E-state index contributed by atoms with van der Waals surface area (Å²) in [5, 5.41) is 3.92. The van der Waals surface area contributed by atoms with Crippen LogP contribution < -0.4 is 5.73 Å². The van der Waals surface area contributed by atoms with Crippen molar-refractivity contribution in [1.82, 2.24) is 0 Å². The Balaban J connectivity index is 1.49. The van der Waals surface area contributed by atoms with Crippen LogP contribution in [-0.2, 0) is 9.63 Å². The van der Waals surface area contributed by atoms with Crippen LogP contribution in [0, 0.1) is 23.2 Å². The summed E-state index contributed by atoms with van der Waals surface area (Å²) in [6.45, 7) is 0. The normalized spacial score (nSPS) is 35.3. The average Bonchev–Trinajstić information content (AvgIpc) is 2.51. The summed E-state index contributed by atoms with van der Waals surface area (Å²) < 4.78 is 0.917. The molecular formula is C18H21BrN2O2. The van der Waals surface area contributed by atoms with E-state index in [4.69, 9.17) is 10.6 Å². The minimum absolute atomic E-state index is 0.172. The maximum Gasteiger partial charge on any atom is 0.341 e. The second kappa shape index (κ2) is 5.62. The van der Waals surface area contributed by atoms with Crippen LogP contribution in [0.5, 0.6) is 0 Å². The van der Waals surface area contributed by atoms with Crippen molar-refractivity contribution >= 4 is 27.7 Å². The summed E-state index contributed by atoms with van der Waals surface area (Å²) in [5.41, 5.74) is 6.41. The van der Waals surface area contributed by atoms with E-state index in [9.17, 15) is 4.79 Å². The van der Waals surface area contributed by atoms with Gasteiger partial charge in [-0.1, -0.05) is 33.2 Å². The molecule has 2 N–H and O–H groups in total. The van der Waals surface area contributed by atoms with Gasteiger partial charge in [0.15, 0.2) is 5.84 Å². The van der Waals surface area contributed by atoms with Crippen LogP contribution in [-0.4, -0.2) is 11.8 Å². The van der Waals surface area contributed by atoms with E-state index in [1.807, 2.05) is 24.3 Å². The van der Waals surface area contributed by atoms with Crippen LogP contribution in [0.2, 0.25) is 0 Å². The predicted molar refractivity (Wildman–Crippen MR) is 91.6 cm³/mol. The van der Waals surface area contributed by atoms with E-state index in [2.05, 4.69) is 21.1 Å². The summed E-state index contributed by atoms with van der Waals surface area (Å²) in [5.74, 6) is 2.19. The number of nitrogens with zero attached hydrogens (tertiary/aromatic N) is 1. The number of rotatable bonds is 3. The number of hydrogen-bond acceptors (Lipinski definition) is 3. The zero-order valence-corrected chi connectivity index (χ0v) is 14.6. The zero-order valence-electron chi connectivity index (χ0n) is 13.0. The molecule has 0 amide bonds. The molecule has 0 atom stereocenters. The largest absolute Gasteiger partial charge is 0.380 e. The summed E-state index contributed by atoms with van der Waals surface area (Å²) >= 11 is 3.40. The monoisotopic (exact) mass is 376 g/mol. The molecule has 0 spiro atoms. The Bertz CT molecular complexity index is 635. The highest BCUT2D eigenvalue weighted by molar-refractivity contribution is 9.10. The number of oxime groups is 1. The molecule has 0 aliphatic heterocycles. The van der Waals surface area contributed by atoms with Crippen molar-refractivity contribution in [3.63, 3.8) is 0 Å². The minimum Gasteiger partial charge on any atom is -0.380 e. The third kappa shape index (κ3) is 2.80. The molecule has 0 heterocycles. The van der Waals surface area contributed by atoms with E-state index in [-0.39, 0.29) is 17.2 Å². The van der Waals surface area contributed by atoms with Gasteiger partial charge in [0.25, 0.3) is 0 Å². The van der Waals surface area contributed by atoms with Crippen molar-refractivity contribution in [1.29, 1.82) is 0 Å². The van der Waals surface area contributed by atoms with Gasteiger partial charge in [-0.3, -0.25) is 0 Å². The van der Waals surface area contributed by atoms with Crippen LogP contribution in [0.1, 0.15) is 44.1 Å². The predicted octanol–water partition coefficient (Wildman–Crippen LogP) is 3.83. The van der Waals surface area contributed by atoms with Crippen LogP contribution in [0.3, 0.4) is 0 Å². The lowest BCUT2D eigenvalue weighted by Gasteiger charge is -2.54. The second-order valence-electron chi connectivity index (χ2n) is 7.56. The number of amidine groups is 1. The van der Waals surface area contributed by atoms with E-state index < -0.39 is 0 Å². The Morgan fingerprint density at radius 3 is 2.35 bits per heavy atom. The van der Waals surface area contributed by atoms with Crippen molar-refractivity contribution in [3.05, 3.63) is 34.3 Å². The first-order chi connectivity index (χ1) is 11.0. The highest BCUT2D eigenvalue weighted by Gasteiger charge is 2.55. The molecule has 0 aromatic heterocycles. The van der Waals surface area contributed by atoms with Crippen LogP contribution in [0.15, 0.2) is 33.9 Å². The van der Waals surface area contributed by atoms with Gasteiger partial charge >= 0.3 is 5.97 Å². The Morgan fingerprint density at radius 1 is 1.17 bits per heavy atom. The van der Waals surface area contributed by atoms with Gasteiger partial charge in [-0.25, -0.2) is 4.79 Å². The lowest BCUT2D eigenvalue weighted by atomic mass is 9.49. The molecule has 4 fully saturated rings. The molecule has 0 unspecified atom stereocenters. The summed E-state index contributed by atoms with van der Waals surface area (Å²) in [4.78, 5) is 18.0. The Hall–Kier alpha value is -1.36. The van der Waals surface area contributed by atoms with Gasteiger partial charge in [0.1, 0.15) is 0 Å². The standard InChI is InChI=1S/C18H21BrN2O2/c19-15-3-1-2-14(7-15)16(20)21-23-17(22)18-8-11-4-12(9-18)6-13(5-11)10-18/h1-3,7,11-13H,4-6,8-10H2,(H2,20,21). The van der Waals surface area contributed by atoms with Gasteiger partial charge in [0.05, 0.1) is 5.41 Å². The molecule has 0 radical (unpaired) electrons. The number of halogens is 1. The molecule has 4 bridgehead atoms. The number of nitrogens with two attached hydrogens (primary N) is 1. The van der Waals surface area contributed by atoms with Gasteiger partial charge in [-0.15, -0.1) is 0 Å². The zero-order chi connectivity index (χ0) is 16.0. The number of carbonyl (C=O) groups is 1.